The molecule has 0 unspecified atom stereocenters. The van der Waals surface area contributed by atoms with Gasteiger partial charge in [-0.15, -0.1) is 0 Å². The number of hydrogen-bond acceptors (Lipinski definition) is 5. The summed E-state index contributed by atoms with van der Waals surface area (Å²) in [6, 6.07) is 10.8. The highest BCUT2D eigenvalue weighted by Gasteiger charge is 2.21. The SMILES string of the molecule is CN(C)CCN(Cc1ccsc1)C(=O)c1cc2ccccc2oc1=O. The number of amides is 1. The number of hydrogen-bond donors (Lipinski definition) is 0. The summed E-state index contributed by atoms with van der Waals surface area (Å²) in [5, 5.41) is 4.74. The Labute approximate surface area is 150 Å². The second-order valence-electron chi connectivity index (χ2n) is 6.15. The van der Waals surface area contributed by atoms with Crippen molar-refractivity contribution >= 4 is 28.2 Å². The lowest BCUT2D eigenvalue weighted by Crippen LogP contribution is -2.38. The maximum Gasteiger partial charge on any atom is 0.349 e. The van der Waals surface area contributed by atoms with Crippen LogP contribution in [0.25, 0.3) is 11.0 Å². The Morgan fingerprint density at radius 2 is 1.96 bits per heavy atom. The number of thiophene rings is 1. The molecule has 2 heterocycles. The summed E-state index contributed by atoms with van der Waals surface area (Å²) in [7, 11) is 3.91. The number of carbonyl (C=O) groups is 1. The second kappa shape index (κ2) is 7.63. The van der Waals surface area contributed by atoms with Gasteiger partial charge in [-0.05, 0) is 48.6 Å². The predicted octanol–water partition coefficient (Wildman–Crippen LogP) is 3.06. The van der Waals surface area contributed by atoms with Crippen molar-refractivity contribution in [1.82, 2.24) is 9.80 Å². The molecule has 0 saturated carbocycles. The lowest BCUT2D eigenvalue weighted by Gasteiger charge is -2.24. The van der Waals surface area contributed by atoms with Gasteiger partial charge < -0.3 is 14.2 Å². The average molecular weight is 356 g/mol. The van der Waals surface area contributed by atoms with E-state index in [4.69, 9.17) is 4.42 Å². The first-order chi connectivity index (χ1) is 12.0. The number of para-hydroxylation sites is 1. The number of benzene rings is 1. The molecule has 130 valence electrons. The van der Waals surface area contributed by atoms with Crippen LogP contribution in [0.1, 0.15) is 15.9 Å². The smallest absolute Gasteiger partial charge is 0.349 e. The standard InChI is InChI=1S/C19H20N2O3S/c1-20(2)8-9-21(12-14-7-10-25-13-14)18(22)16-11-15-5-3-4-6-17(15)24-19(16)23/h3-7,10-11,13H,8-9,12H2,1-2H3. The van der Waals surface area contributed by atoms with E-state index in [-0.39, 0.29) is 11.5 Å². The summed E-state index contributed by atoms with van der Waals surface area (Å²) in [4.78, 5) is 29.0. The Bertz CT molecular complexity index is 916. The molecular formula is C19H20N2O3S. The van der Waals surface area contributed by atoms with Crippen molar-refractivity contribution in [3.8, 4) is 0 Å². The van der Waals surface area contributed by atoms with Crippen molar-refractivity contribution in [3.63, 3.8) is 0 Å². The van der Waals surface area contributed by atoms with Gasteiger partial charge in [0.2, 0.25) is 0 Å². The van der Waals surface area contributed by atoms with Gasteiger partial charge in [-0.3, -0.25) is 4.79 Å². The Hall–Kier alpha value is -2.44. The zero-order valence-electron chi connectivity index (χ0n) is 14.3. The van der Waals surface area contributed by atoms with Crippen LogP contribution < -0.4 is 5.63 Å². The lowest BCUT2D eigenvalue weighted by atomic mass is 10.1. The largest absolute Gasteiger partial charge is 0.422 e. The summed E-state index contributed by atoms with van der Waals surface area (Å²) in [6.45, 7) is 1.73. The first-order valence-electron chi connectivity index (χ1n) is 8.02. The molecule has 3 rings (SSSR count). The van der Waals surface area contributed by atoms with E-state index in [9.17, 15) is 9.59 Å². The first-order valence-corrected chi connectivity index (χ1v) is 8.97. The molecule has 6 heteroatoms. The second-order valence-corrected chi connectivity index (χ2v) is 6.93. The zero-order chi connectivity index (χ0) is 17.8. The Balaban J connectivity index is 1.93. The average Bonchev–Trinajstić information content (AvgIpc) is 3.10. The van der Waals surface area contributed by atoms with Crippen LogP contribution in [0.15, 0.2) is 56.4 Å². The topological polar surface area (TPSA) is 53.8 Å². The van der Waals surface area contributed by atoms with Gasteiger partial charge >= 0.3 is 5.63 Å². The minimum Gasteiger partial charge on any atom is -0.422 e. The van der Waals surface area contributed by atoms with Crippen molar-refractivity contribution in [2.24, 2.45) is 0 Å². The normalized spacial score (nSPS) is 11.2. The molecular weight excluding hydrogens is 336 g/mol. The van der Waals surface area contributed by atoms with Gasteiger partial charge in [0, 0.05) is 25.0 Å². The number of fused-ring (bicyclic) bond motifs is 1. The third-order valence-corrected chi connectivity index (χ3v) is 4.66. The lowest BCUT2D eigenvalue weighted by molar-refractivity contribution is 0.0728. The Kier molecular flexibility index (Phi) is 5.31. The molecule has 0 spiro atoms. The van der Waals surface area contributed by atoms with E-state index in [1.165, 1.54) is 0 Å². The predicted molar refractivity (Wildman–Crippen MR) is 100 cm³/mol. The van der Waals surface area contributed by atoms with Gasteiger partial charge in [-0.1, -0.05) is 18.2 Å². The van der Waals surface area contributed by atoms with Crippen LogP contribution in [0.4, 0.5) is 0 Å². The van der Waals surface area contributed by atoms with Crippen LogP contribution in [-0.2, 0) is 6.54 Å². The number of carbonyl (C=O) groups excluding carboxylic acids is 1. The fourth-order valence-corrected chi connectivity index (χ4v) is 3.22. The van der Waals surface area contributed by atoms with Crippen LogP contribution in [0, 0.1) is 0 Å². The van der Waals surface area contributed by atoms with Crippen molar-refractivity contribution in [2.75, 3.05) is 27.2 Å². The molecule has 0 radical (unpaired) electrons. The van der Waals surface area contributed by atoms with E-state index in [0.29, 0.717) is 18.7 Å². The molecule has 25 heavy (non-hydrogen) atoms. The molecule has 0 atom stereocenters. The summed E-state index contributed by atoms with van der Waals surface area (Å²) in [6.07, 6.45) is 0. The monoisotopic (exact) mass is 356 g/mol. The molecule has 0 saturated heterocycles. The van der Waals surface area contributed by atoms with Gasteiger partial charge in [0.1, 0.15) is 11.1 Å². The van der Waals surface area contributed by atoms with Crippen molar-refractivity contribution in [2.45, 2.75) is 6.54 Å². The Morgan fingerprint density at radius 3 is 2.68 bits per heavy atom. The molecule has 2 aromatic heterocycles. The fraction of sp³-hybridized carbons (Fsp3) is 0.263. The summed E-state index contributed by atoms with van der Waals surface area (Å²) in [5.41, 5.74) is 1.03. The maximum atomic E-state index is 13.0. The Morgan fingerprint density at radius 1 is 1.16 bits per heavy atom. The van der Waals surface area contributed by atoms with E-state index in [1.54, 1.807) is 34.4 Å². The molecule has 3 aromatic rings. The van der Waals surface area contributed by atoms with Gasteiger partial charge in [-0.25, -0.2) is 4.79 Å². The zero-order valence-corrected chi connectivity index (χ0v) is 15.1. The van der Waals surface area contributed by atoms with Crippen molar-refractivity contribution in [3.05, 3.63) is 68.7 Å². The van der Waals surface area contributed by atoms with Gasteiger partial charge in [-0.2, -0.15) is 11.3 Å². The molecule has 0 aliphatic rings. The third-order valence-electron chi connectivity index (χ3n) is 3.93. The van der Waals surface area contributed by atoms with E-state index >= 15 is 0 Å². The fourth-order valence-electron chi connectivity index (χ4n) is 2.56. The van der Waals surface area contributed by atoms with Crippen LogP contribution in [0.2, 0.25) is 0 Å². The summed E-state index contributed by atoms with van der Waals surface area (Å²) >= 11 is 1.59. The van der Waals surface area contributed by atoms with Gasteiger partial charge in [0.25, 0.3) is 5.91 Å². The van der Waals surface area contributed by atoms with Crippen molar-refractivity contribution < 1.29 is 9.21 Å². The van der Waals surface area contributed by atoms with Crippen LogP contribution in [-0.4, -0.2) is 42.9 Å². The molecule has 0 N–H and O–H groups in total. The van der Waals surface area contributed by atoms with Gasteiger partial charge in [0.15, 0.2) is 0 Å². The number of rotatable bonds is 6. The maximum absolute atomic E-state index is 13.0. The van der Waals surface area contributed by atoms with Crippen LogP contribution in [0.3, 0.4) is 0 Å². The highest BCUT2D eigenvalue weighted by atomic mass is 32.1. The third kappa shape index (κ3) is 4.15. The molecule has 0 fully saturated rings. The quantitative estimate of drug-likeness (QED) is 0.637. The minimum atomic E-state index is -0.594. The summed E-state index contributed by atoms with van der Waals surface area (Å²) in [5.74, 6) is -0.299. The molecule has 5 nitrogen and oxygen atoms in total. The van der Waals surface area contributed by atoms with E-state index in [2.05, 4.69) is 0 Å². The highest BCUT2D eigenvalue weighted by Crippen LogP contribution is 2.16. The van der Waals surface area contributed by atoms with Crippen LogP contribution in [0.5, 0.6) is 0 Å². The van der Waals surface area contributed by atoms with Gasteiger partial charge in [0.05, 0.1) is 0 Å². The van der Waals surface area contributed by atoms with E-state index in [0.717, 1.165) is 17.5 Å². The molecule has 1 amide bonds. The molecule has 0 aliphatic carbocycles. The number of likely N-dealkylation sites (N-methyl/N-ethyl adjacent to an activating group) is 1. The van der Waals surface area contributed by atoms with Crippen LogP contribution >= 0.6 is 11.3 Å². The minimum absolute atomic E-state index is 0.0766. The van der Waals surface area contributed by atoms with E-state index < -0.39 is 5.63 Å². The highest BCUT2D eigenvalue weighted by molar-refractivity contribution is 7.07. The molecule has 1 aromatic carbocycles. The molecule has 0 aliphatic heterocycles. The molecule has 0 bridgehead atoms. The van der Waals surface area contributed by atoms with E-state index in [1.807, 2.05) is 48.0 Å². The summed E-state index contributed by atoms with van der Waals surface area (Å²) < 4.78 is 5.31. The first kappa shape index (κ1) is 17.4. The van der Waals surface area contributed by atoms with Crippen molar-refractivity contribution in [1.29, 1.82) is 0 Å². The number of nitrogens with zero attached hydrogens (tertiary/aromatic N) is 2.